The summed E-state index contributed by atoms with van der Waals surface area (Å²) in [5.41, 5.74) is -2.33. The van der Waals surface area contributed by atoms with Gasteiger partial charge >= 0.3 is 11.9 Å². The molecule has 2 fully saturated rings. The summed E-state index contributed by atoms with van der Waals surface area (Å²) in [6.45, 7) is 7.38. The highest BCUT2D eigenvalue weighted by Crippen LogP contribution is 2.63. The van der Waals surface area contributed by atoms with E-state index in [0.29, 0.717) is 12.0 Å². The Morgan fingerprint density at radius 3 is 2.57 bits per heavy atom. The zero-order valence-corrected chi connectivity index (χ0v) is 17.9. The molecule has 164 valence electrons. The second-order valence-corrected chi connectivity index (χ2v) is 9.41. The molecule has 1 heterocycles. The molecule has 30 heavy (non-hydrogen) atoms. The quantitative estimate of drug-likeness (QED) is 0.304. The van der Waals surface area contributed by atoms with Gasteiger partial charge in [0.15, 0.2) is 11.4 Å². The van der Waals surface area contributed by atoms with E-state index in [1.54, 1.807) is 6.08 Å². The molecule has 7 nitrogen and oxygen atoms in total. The topological polar surface area (TPSA) is 110 Å². The fraction of sp³-hybridized carbons (Fsp3) is 0.609. The molecule has 7 heteroatoms. The van der Waals surface area contributed by atoms with Crippen LogP contribution in [0.2, 0.25) is 0 Å². The second-order valence-electron chi connectivity index (χ2n) is 9.41. The lowest BCUT2D eigenvalue weighted by Gasteiger charge is -2.59. The largest absolute Gasteiger partial charge is 0.459 e. The van der Waals surface area contributed by atoms with Crippen molar-refractivity contribution < 1.29 is 34.1 Å². The van der Waals surface area contributed by atoms with Crippen molar-refractivity contribution in [3.63, 3.8) is 0 Å². The molecule has 5 atom stereocenters. The highest BCUT2D eigenvalue weighted by molar-refractivity contribution is 5.93. The molecule has 0 bridgehead atoms. The number of aliphatic hydroxyl groups excluding tert-OH is 1. The molecular weight excluding hydrogens is 388 g/mol. The minimum atomic E-state index is -1.70. The van der Waals surface area contributed by atoms with Crippen molar-refractivity contribution in [3.8, 4) is 0 Å². The number of fused-ring (bicyclic) bond motifs is 3. The van der Waals surface area contributed by atoms with E-state index in [0.717, 1.165) is 12.8 Å². The molecule has 1 saturated carbocycles. The van der Waals surface area contributed by atoms with Crippen molar-refractivity contribution in [2.45, 2.75) is 64.8 Å². The van der Waals surface area contributed by atoms with Gasteiger partial charge in [0.2, 0.25) is 0 Å². The van der Waals surface area contributed by atoms with Crippen LogP contribution in [0.1, 0.15) is 47.0 Å². The normalized spacial score (nSPS) is 36.1. The average molecular weight is 418 g/mol. The van der Waals surface area contributed by atoms with Crippen LogP contribution in [0.25, 0.3) is 0 Å². The van der Waals surface area contributed by atoms with E-state index in [9.17, 15) is 19.5 Å². The first-order chi connectivity index (χ1) is 13.9. The van der Waals surface area contributed by atoms with Crippen molar-refractivity contribution in [1.82, 2.24) is 0 Å². The van der Waals surface area contributed by atoms with E-state index in [-0.39, 0.29) is 17.9 Å². The van der Waals surface area contributed by atoms with Gasteiger partial charge < -0.3 is 19.7 Å². The molecule has 1 aliphatic heterocycles. The van der Waals surface area contributed by atoms with E-state index in [1.807, 2.05) is 6.92 Å². The number of hydrogen-bond acceptors (Lipinski definition) is 7. The Balaban J connectivity index is 1.87. The lowest BCUT2D eigenvalue weighted by molar-refractivity contribution is -0.194. The lowest BCUT2D eigenvalue weighted by atomic mass is 9.46. The molecule has 1 saturated heterocycles. The molecule has 0 aromatic carbocycles. The predicted molar refractivity (Wildman–Crippen MR) is 108 cm³/mol. The summed E-state index contributed by atoms with van der Waals surface area (Å²) in [7, 11) is 0. The maximum Gasteiger partial charge on any atom is 0.343 e. The van der Waals surface area contributed by atoms with Gasteiger partial charge in [-0.05, 0) is 37.3 Å². The molecule has 0 aromatic heterocycles. The van der Waals surface area contributed by atoms with Crippen LogP contribution >= 0.6 is 0 Å². The first-order valence-corrected chi connectivity index (χ1v) is 10.3. The molecular formula is C23H30O7. The van der Waals surface area contributed by atoms with Crippen molar-refractivity contribution in [1.29, 1.82) is 0 Å². The molecule has 0 spiro atoms. The standard InChI is InChI=1S/C23H30O7/c1-14(24)16(25)8-5-6-9-18(26)30-17-12-15-13-29-20(27)23(15,28)22(4)11-7-10-21(2,3)19(17)22/h5-6,8-9,12,14,17,19,24,28H,7,10-11,13H2,1-4H3/b8-5+,9-6+/t14-,17+,19+,22+,23+/m1/s1. The Morgan fingerprint density at radius 1 is 1.23 bits per heavy atom. The van der Waals surface area contributed by atoms with Crippen LogP contribution in [0.5, 0.6) is 0 Å². The van der Waals surface area contributed by atoms with E-state index < -0.39 is 40.9 Å². The van der Waals surface area contributed by atoms with Crippen LogP contribution in [0, 0.1) is 16.7 Å². The highest BCUT2D eigenvalue weighted by atomic mass is 16.6. The first kappa shape index (κ1) is 22.4. The number of ketones is 1. The van der Waals surface area contributed by atoms with Crippen LogP contribution in [0.4, 0.5) is 0 Å². The van der Waals surface area contributed by atoms with E-state index >= 15 is 0 Å². The number of hydrogen-bond donors (Lipinski definition) is 2. The fourth-order valence-electron chi connectivity index (χ4n) is 5.54. The average Bonchev–Trinajstić information content (AvgIpc) is 2.94. The van der Waals surface area contributed by atoms with Gasteiger partial charge in [-0.15, -0.1) is 0 Å². The van der Waals surface area contributed by atoms with Gasteiger partial charge in [-0.1, -0.05) is 39.3 Å². The Kier molecular flexibility index (Phi) is 5.82. The summed E-state index contributed by atoms with van der Waals surface area (Å²) < 4.78 is 10.9. The summed E-state index contributed by atoms with van der Waals surface area (Å²) in [6, 6.07) is 0. The second kappa shape index (κ2) is 7.78. The van der Waals surface area contributed by atoms with Crippen LogP contribution in [0.3, 0.4) is 0 Å². The van der Waals surface area contributed by atoms with E-state index in [1.165, 1.54) is 31.2 Å². The highest BCUT2D eigenvalue weighted by Gasteiger charge is 2.69. The number of allylic oxidation sites excluding steroid dienone is 2. The van der Waals surface area contributed by atoms with Gasteiger partial charge in [-0.25, -0.2) is 9.59 Å². The third kappa shape index (κ3) is 3.54. The van der Waals surface area contributed by atoms with Crippen molar-refractivity contribution in [2.24, 2.45) is 16.7 Å². The monoisotopic (exact) mass is 418 g/mol. The van der Waals surface area contributed by atoms with E-state index in [4.69, 9.17) is 14.6 Å². The Morgan fingerprint density at radius 2 is 1.90 bits per heavy atom. The van der Waals surface area contributed by atoms with Gasteiger partial charge in [0.25, 0.3) is 0 Å². The number of carbonyl (C=O) groups excluding carboxylic acids is 3. The Bertz CT molecular complexity index is 834. The summed E-state index contributed by atoms with van der Waals surface area (Å²) in [5, 5.41) is 20.6. The van der Waals surface area contributed by atoms with Gasteiger partial charge in [0.05, 0.1) is 0 Å². The van der Waals surface area contributed by atoms with Crippen LogP contribution in [0.15, 0.2) is 36.0 Å². The minimum Gasteiger partial charge on any atom is -0.459 e. The molecule has 2 aliphatic carbocycles. The Labute approximate surface area is 176 Å². The van der Waals surface area contributed by atoms with Crippen LogP contribution < -0.4 is 0 Å². The first-order valence-electron chi connectivity index (χ1n) is 10.3. The molecule has 0 aromatic rings. The van der Waals surface area contributed by atoms with Crippen molar-refractivity contribution in [2.75, 3.05) is 6.61 Å². The number of cyclic esters (lactones) is 1. The molecule has 2 N–H and O–H groups in total. The molecule has 3 aliphatic rings. The molecule has 0 amide bonds. The molecule has 0 radical (unpaired) electrons. The number of aliphatic hydroxyl groups is 2. The van der Waals surface area contributed by atoms with Gasteiger partial charge in [-0.2, -0.15) is 0 Å². The van der Waals surface area contributed by atoms with Gasteiger partial charge in [0.1, 0.15) is 18.8 Å². The van der Waals surface area contributed by atoms with Crippen LogP contribution in [-0.2, 0) is 23.9 Å². The molecule has 0 unspecified atom stereocenters. The number of ether oxygens (including phenoxy) is 2. The van der Waals surface area contributed by atoms with E-state index in [2.05, 4.69) is 13.8 Å². The SMILES string of the molecule is C[C@@H](O)C(=O)/C=C/C=C/C(=O)O[C@H]1C=C2COC(=O)[C@]2(O)[C@@]2(C)CCCC(C)(C)[C@H]12. The smallest absolute Gasteiger partial charge is 0.343 e. The minimum absolute atomic E-state index is 0.00778. The zero-order valence-electron chi connectivity index (χ0n) is 17.9. The maximum atomic E-state index is 12.5. The van der Waals surface area contributed by atoms with Crippen molar-refractivity contribution in [3.05, 3.63) is 36.0 Å². The third-order valence-corrected chi connectivity index (χ3v) is 6.95. The number of rotatable bonds is 5. The van der Waals surface area contributed by atoms with Gasteiger partial charge in [0, 0.05) is 23.0 Å². The Hall–Kier alpha value is -2.25. The lowest BCUT2D eigenvalue weighted by Crippen LogP contribution is -2.65. The third-order valence-electron chi connectivity index (χ3n) is 6.95. The van der Waals surface area contributed by atoms with Gasteiger partial charge in [-0.3, -0.25) is 4.79 Å². The summed E-state index contributed by atoms with van der Waals surface area (Å²) in [6.07, 6.45) is 7.44. The molecule has 3 rings (SSSR count). The summed E-state index contributed by atoms with van der Waals surface area (Å²) >= 11 is 0. The van der Waals surface area contributed by atoms with Crippen molar-refractivity contribution >= 4 is 17.7 Å². The number of esters is 2. The number of carbonyl (C=O) groups is 3. The zero-order chi connectivity index (χ0) is 22.3. The van der Waals surface area contributed by atoms with Crippen LogP contribution in [-0.4, -0.2) is 52.4 Å². The fourth-order valence-corrected chi connectivity index (χ4v) is 5.54. The maximum absolute atomic E-state index is 12.5. The summed E-state index contributed by atoms with van der Waals surface area (Å²) in [5.74, 6) is -1.96. The predicted octanol–water partition coefficient (Wildman–Crippen LogP) is 2.02. The summed E-state index contributed by atoms with van der Waals surface area (Å²) in [4.78, 5) is 36.3.